The van der Waals surface area contributed by atoms with E-state index in [9.17, 15) is 5.11 Å². The van der Waals surface area contributed by atoms with Crippen LogP contribution in [0.25, 0.3) is 0 Å². The first-order valence-corrected chi connectivity index (χ1v) is 7.31. The van der Waals surface area contributed by atoms with Gasteiger partial charge >= 0.3 is 0 Å². The largest absolute Gasteiger partial charge is 0.395 e. The maximum Gasteiger partial charge on any atom is 0.0945 e. The monoisotopic (exact) mass is 270 g/mol. The highest BCUT2D eigenvalue weighted by atomic mass is 16.3. The zero-order valence-electron chi connectivity index (χ0n) is 12.3. The molecule has 0 fully saturated rings. The van der Waals surface area contributed by atoms with Crippen molar-refractivity contribution < 1.29 is 5.11 Å². The highest BCUT2D eigenvalue weighted by molar-refractivity contribution is 5.42. The highest BCUT2D eigenvalue weighted by Gasteiger charge is 2.33. The predicted molar refractivity (Wildman–Crippen MR) is 79.8 cm³/mol. The van der Waals surface area contributed by atoms with Crippen LogP contribution in [0.5, 0.6) is 0 Å². The SMILES string of the molecule is Cn1cncc1CCc1ccc2c(c1)C(C)(CO)CC2. The van der Waals surface area contributed by atoms with Crippen LogP contribution in [0.15, 0.2) is 30.7 Å². The minimum absolute atomic E-state index is 0.0438. The van der Waals surface area contributed by atoms with E-state index in [1.165, 1.54) is 22.4 Å². The van der Waals surface area contributed by atoms with E-state index in [0.717, 1.165) is 25.7 Å². The van der Waals surface area contributed by atoms with E-state index in [-0.39, 0.29) is 12.0 Å². The topological polar surface area (TPSA) is 38.0 Å². The third-order valence-electron chi connectivity index (χ3n) is 4.71. The standard InChI is InChI=1S/C17H22N2O/c1-17(11-20)8-7-14-5-3-13(9-16(14)17)4-6-15-10-18-12-19(15)2/h3,5,9-10,12,20H,4,6-8,11H2,1-2H3. The smallest absolute Gasteiger partial charge is 0.0945 e. The van der Waals surface area contributed by atoms with Crippen molar-refractivity contribution in [3.63, 3.8) is 0 Å². The van der Waals surface area contributed by atoms with Gasteiger partial charge in [0, 0.05) is 24.4 Å². The zero-order valence-corrected chi connectivity index (χ0v) is 12.3. The Morgan fingerprint density at radius 3 is 2.90 bits per heavy atom. The van der Waals surface area contributed by atoms with Crippen molar-refractivity contribution in [2.24, 2.45) is 7.05 Å². The second kappa shape index (κ2) is 5.06. The van der Waals surface area contributed by atoms with E-state index in [4.69, 9.17) is 0 Å². The summed E-state index contributed by atoms with van der Waals surface area (Å²) in [4.78, 5) is 4.16. The Kier molecular flexibility index (Phi) is 3.38. The lowest BCUT2D eigenvalue weighted by molar-refractivity contribution is 0.205. The Labute approximate surface area is 120 Å². The molecule has 1 aliphatic carbocycles. The fourth-order valence-corrected chi connectivity index (χ4v) is 3.17. The van der Waals surface area contributed by atoms with E-state index < -0.39 is 0 Å². The van der Waals surface area contributed by atoms with Crippen LogP contribution in [-0.2, 0) is 31.7 Å². The van der Waals surface area contributed by atoms with Gasteiger partial charge in [-0.05, 0) is 42.4 Å². The number of aryl methyl sites for hydroxylation is 4. The molecule has 0 saturated carbocycles. The van der Waals surface area contributed by atoms with Crippen molar-refractivity contribution in [2.45, 2.75) is 38.0 Å². The van der Waals surface area contributed by atoms with Gasteiger partial charge in [-0.25, -0.2) is 4.98 Å². The molecule has 0 amide bonds. The van der Waals surface area contributed by atoms with Gasteiger partial charge in [0.1, 0.15) is 0 Å². The summed E-state index contributed by atoms with van der Waals surface area (Å²) < 4.78 is 2.07. The maximum atomic E-state index is 9.67. The van der Waals surface area contributed by atoms with Crippen LogP contribution in [-0.4, -0.2) is 21.3 Å². The molecule has 20 heavy (non-hydrogen) atoms. The molecule has 1 aliphatic rings. The van der Waals surface area contributed by atoms with Crippen LogP contribution in [0.1, 0.15) is 35.7 Å². The van der Waals surface area contributed by atoms with Gasteiger partial charge in [0.15, 0.2) is 0 Å². The molecule has 3 nitrogen and oxygen atoms in total. The first-order chi connectivity index (χ1) is 9.62. The summed E-state index contributed by atoms with van der Waals surface area (Å²) >= 11 is 0. The molecular weight excluding hydrogens is 248 g/mol. The number of nitrogens with zero attached hydrogens (tertiary/aromatic N) is 2. The number of benzene rings is 1. The number of imidazole rings is 1. The number of hydrogen-bond donors (Lipinski definition) is 1. The molecule has 1 aromatic heterocycles. The number of aliphatic hydroxyl groups excluding tert-OH is 1. The van der Waals surface area contributed by atoms with Crippen molar-refractivity contribution in [2.75, 3.05) is 6.61 Å². The zero-order chi connectivity index (χ0) is 14.2. The van der Waals surface area contributed by atoms with E-state index >= 15 is 0 Å². The van der Waals surface area contributed by atoms with Crippen molar-refractivity contribution in [3.05, 3.63) is 53.1 Å². The minimum atomic E-state index is -0.0438. The van der Waals surface area contributed by atoms with E-state index in [2.05, 4.69) is 34.7 Å². The van der Waals surface area contributed by atoms with Gasteiger partial charge in [-0.1, -0.05) is 25.1 Å². The summed E-state index contributed by atoms with van der Waals surface area (Å²) in [5.74, 6) is 0. The maximum absolute atomic E-state index is 9.67. The Morgan fingerprint density at radius 1 is 1.35 bits per heavy atom. The summed E-state index contributed by atoms with van der Waals surface area (Å²) in [6.45, 7) is 2.41. The Hall–Kier alpha value is -1.61. The Balaban J connectivity index is 1.79. The van der Waals surface area contributed by atoms with Crippen LogP contribution in [0.2, 0.25) is 0 Å². The molecule has 1 aromatic carbocycles. The normalized spacial score (nSPS) is 21.1. The summed E-state index contributed by atoms with van der Waals surface area (Å²) in [6, 6.07) is 6.78. The Bertz CT molecular complexity index is 617. The summed E-state index contributed by atoms with van der Waals surface area (Å²) in [5, 5.41) is 9.67. The highest BCUT2D eigenvalue weighted by Crippen LogP contribution is 2.38. The van der Waals surface area contributed by atoms with Crippen LogP contribution in [0.3, 0.4) is 0 Å². The van der Waals surface area contributed by atoms with Gasteiger partial charge < -0.3 is 9.67 Å². The summed E-state index contributed by atoms with van der Waals surface area (Å²) in [5.41, 5.74) is 5.33. The molecule has 106 valence electrons. The molecular formula is C17H22N2O. The molecule has 1 heterocycles. The van der Waals surface area contributed by atoms with Crippen LogP contribution < -0.4 is 0 Å². The fourth-order valence-electron chi connectivity index (χ4n) is 3.17. The number of hydrogen-bond acceptors (Lipinski definition) is 2. The summed E-state index contributed by atoms with van der Waals surface area (Å²) in [6.07, 6.45) is 7.96. The lowest BCUT2D eigenvalue weighted by atomic mass is 9.84. The quantitative estimate of drug-likeness (QED) is 0.926. The van der Waals surface area contributed by atoms with E-state index in [0.29, 0.717) is 0 Å². The van der Waals surface area contributed by atoms with Crippen molar-refractivity contribution in [3.8, 4) is 0 Å². The first kappa shape index (κ1) is 13.4. The lowest BCUT2D eigenvalue weighted by Gasteiger charge is -2.22. The third kappa shape index (κ3) is 2.27. The number of rotatable bonds is 4. The van der Waals surface area contributed by atoms with E-state index in [1.54, 1.807) is 0 Å². The first-order valence-electron chi connectivity index (χ1n) is 7.31. The van der Waals surface area contributed by atoms with Gasteiger partial charge in [0.25, 0.3) is 0 Å². The van der Waals surface area contributed by atoms with Crippen LogP contribution in [0.4, 0.5) is 0 Å². The number of fused-ring (bicyclic) bond motifs is 1. The second-order valence-corrected chi connectivity index (χ2v) is 6.21. The molecule has 0 aliphatic heterocycles. The molecule has 0 bridgehead atoms. The van der Waals surface area contributed by atoms with Gasteiger partial charge in [0.2, 0.25) is 0 Å². The number of aromatic nitrogens is 2. The molecule has 3 heteroatoms. The minimum Gasteiger partial charge on any atom is -0.395 e. The van der Waals surface area contributed by atoms with Crippen LogP contribution in [0, 0.1) is 0 Å². The van der Waals surface area contributed by atoms with Gasteiger partial charge in [0.05, 0.1) is 12.9 Å². The molecule has 2 aromatic rings. The van der Waals surface area contributed by atoms with Gasteiger partial charge in [-0.2, -0.15) is 0 Å². The molecule has 1 N–H and O–H groups in total. The molecule has 1 atom stereocenters. The Morgan fingerprint density at radius 2 is 2.20 bits per heavy atom. The average Bonchev–Trinajstić information content (AvgIpc) is 3.02. The molecule has 0 saturated heterocycles. The third-order valence-corrected chi connectivity index (χ3v) is 4.71. The lowest BCUT2D eigenvalue weighted by Crippen LogP contribution is -2.23. The van der Waals surface area contributed by atoms with Gasteiger partial charge in [-0.3, -0.25) is 0 Å². The summed E-state index contributed by atoms with van der Waals surface area (Å²) in [7, 11) is 2.04. The van der Waals surface area contributed by atoms with Crippen LogP contribution >= 0.6 is 0 Å². The number of aliphatic hydroxyl groups is 1. The second-order valence-electron chi connectivity index (χ2n) is 6.21. The molecule has 0 radical (unpaired) electrons. The average molecular weight is 270 g/mol. The molecule has 1 unspecified atom stereocenters. The van der Waals surface area contributed by atoms with E-state index in [1.807, 2.05) is 19.6 Å². The van der Waals surface area contributed by atoms with Crippen molar-refractivity contribution in [1.82, 2.24) is 9.55 Å². The van der Waals surface area contributed by atoms with Gasteiger partial charge in [-0.15, -0.1) is 0 Å². The van der Waals surface area contributed by atoms with Crippen molar-refractivity contribution >= 4 is 0 Å². The van der Waals surface area contributed by atoms with Crippen molar-refractivity contribution in [1.29, 1.82) is 0 Å². The molecule has 3 rings (SSSR count). The predicted octanol–water partition coefficient (Wildman–Crippen LogP) is 2.40. The fraction of sp³-hybridized carbons (Fsp3) is 0.471. The molecule has 0 spiro atoms.